The van der Waals surface area contributed by atoms with Gasteiger partial charge >= 0.3 is 5.97 Å². The topological polar surface area (TPSA) is 76.1 Å². The van der Waals surface area contributed by atoms with E-state index in [1.54, 1.807) is 6.07 Å². The molecule has 1 aromatic carbocycles. The summed E-state index contributed by atoms with van der Waals surface area (Å²) in [4.78, 5) is 26.0. The quantitative estimate of drug-likeness (QED) is 0.918. The molecule has 0 aromatic heterocycles. The van der Waals surface area contributed by atoms with Crippen LogP contribution in [-0.2, 0) is 4.79 Å². The number of hydrogen-bond acceptors (Lipinski definition) is 5. The SMILES string of the molecule is COc1ccc2c(c1OC)C(=O)N1C2SC(C)(C)[C@H]1C(=O)O. The molecule has 0 radical (unpaired) electrons. The van der Waals surface area contributed by atoms with Gasteiger partial charge in [-0.1, -0.05) is 6.07 Å². The summed E-state index contributed by atoms with van der Waals surface area (Å²) in [6.07, 6.45) is 0. The van der Waals surface area contributed by atoms with Crippen LogP contribution in [0.15, 0.2) is 12.1 Å². The molecular weight excluding hydrogens is 306 g/mol. The second-order valence-electron chi connectivity index (χ2n) is 5.79. The highest BCUT2D eigenvalue weighted by Gasteiger charge is 2.58. The maximum absolute atomic E-state index is 12.8. The van der Waals surface area contributed by atoms with Gasteiger partial charge in [0.2, 0.25) is 0 Å². The van der Waals surface area contributed by atoms with E-state index in [0.29, 0.717) is 17.1 Å². The largest absolute Gasteiger partial charge is 0.493 e. The number of benzene rings is 1. The Bertz CT molecular complexity index is 672. The molecule has 0 spiro atoms. The first kappa shape index (κ1) is 15.0. The summed E-state index contributed by atoms with van der Waals surface area (Å²) in [5.74, 6) is -0.484. The number of hydrogen-bond donors (Lipinski definition) is 1. The van der Waals surface area contributed by atoms with Crippen molar-refractivity contribution in [1.29, 1.82) is 0 Å². The van der Waals surface area contributed by atoms with Crippen LogP contribution in [0.25, 0.3) is 0 Å². The minimum Gasteiger partial charge on any atom is -0.493 e. The first-order valence-corrected chi connectivity index (χ1v) is 7.69. The molecule has 7 heteroatoms. The van der Waals surface area contributed by atoms with Crippen molar-refractivity contribution in [3.63, 3.8) is 0 Å². The molecule has 0 aliphatic carbocycles. The highest BCUT2D eigenvalue weighted by Crippen LogP contribution is 2.58. The molecule has 1 N–H and O–H groups in total. The summed E-state index contributed by atoms with van der Waals surface area (Å²) in [6, 6.07) is 2.68. The van der Waals surface area contributed by atoms with Crippen LogP contribution < -0.4 is 9.47 Å². The Morgan fingerprint density at radius 2 is 2.00 bits per heavy atom. The van der Waals surface area contributed by atoms with Crippen molar-refractivity contribution in [2.24, 2.45) is 0 Å². The molecule has 2 atom stereocenters. The predicted octanol–water partition coefficient (Wildman–Crippen LogP) is 2.14. The van der Waals surface area contributed by atoms with Gasteiger partial charge in [0.1, 0.15) is 11.4 Å². The molecule has 0 saturated carbocycles. The van der Waals surface area contributed by atoms with Crippen molar-refractivity contribution in [2.75, 3.05) is 14.2 Å². The zero-order valence-corrected chi connectivity index (χ0v) is 13.6. The van der Waals surface area contributed by atoms with E-state index in [1.807, 2.05) is 19.9 Å². The van der Waals surface area contributed by atoms with Gasteiger partial charge in [-0.05, 0) is 19.9 Å². The maximum atomic E-state index is 12.8. The number of nitrogens with zero attached hydrogens (tertiary/aromatic N) is 1. The van der Waals surface area contributed by atoms with Crippen molar-refractivity contribution in [3.05, 3.63) is 23.3 Å². The number of fused-ring (bicyclic) bond motifs is 3. The third-order valence-corrected chi connectivity index (χ3v) is 5.67. The minimum absolute atomic E-state index is 0.307. The van der Waals surface area contributed by atoms with Gasteiger partial charge < -0.3 is 19.5 Å². The fourth-order valence-corrected chi connectivity index (χ4v) is 4.80. The molecule has 2 heterocycles. The Hall–Kier alpha value is -1.89. The number of carboxylic acids is 1. The summed E-state index contributed by atoms with van der Waals surface area (Å²) in [5.41, 5.74) is 1.19. The van der Waals surface area contributed by atoms with Gasteiger partial charge in [-0.25, -0.2) is 4.79 Å². The van der Waals surface area contributed by atoms with E-state index >= 15 is 0 Å². The number of carboxylic acid groups (broad SMARTS) is 1. The lowest BCUT2D eigenvalue weighted by molar-refractivity contribution is -0.142. The third-order valence-electron chi connectivity index (χ3n) is 4.13. The Balaban J connectivity index is 2.17. The van der Waals surface area contributed by atoms with Crippen LogP contribution in [0.3, 0.4) is 0 Å². The average Bonchev–Trinajstić information content (AvgIpc) is 2.88. The van der Waals surface area contributed by atoms with Crippen LogP contribution in [0.4, 0.5) is 0 Å². The van der Waals surface area contributed by atoms with Crippen LogP contribution in [0.1, 0.15) is 35.1 Å². The van der Waals surface area contributed by atoms with Gasteiger partial charge in [-0.2, -0.15) is 0 Å². The molecule has 1 saturated heterocycles. The van der Waals surface area contributed by atoms with Gasteiger partial charge in [0.05, 0.1) is 19.8 Å². The minimum atomic E-state index is -0.993. The van der Waals surface area contributed by atoms with Gasteiger partial charge in [-0.15, -0.1) is 11.8 Å². The Morgan fingerprint density at radius 3 is 2.55 bits per heavy atom. The van der Waals surface area contributed by atoms with E-state index < -0.39 is 16.8 Å². The van der Waals surface area contributed by atoms with Gasteiger partial charge in [-0.3, -0.25) is 4.79 Å². The molecule has 1 unspecified atom stereocenters. The second kappa shape index (κ2) is 4.81. The summed E-state index contributed by atoms with van der Waals surface area (Å²) in [6.45, 7) is 3.70. The maximum Gasteiger partial charge on any atom is 0.327 e. The lowest BCUT2D eigenvalue weighted by atomic mass is 10.0. The van der Waals surface area contributed by atoms with Crippen molar-refractivity contribution >= 4 is 23.6 Å². The Labute approximate surface area is 132 Å². The molecule has 0 bridgehead atoms. The lowest BCUT2D eigenvalue weighted by Crippen LogP contribution is -2.47. The number of aliphatic carboxylic acids is 1. The fraction of sp³-hybridized carbons (Fsp3) is 0.467. The highest BCUT2D eigenvalue weighted by molar-refractivity contribution is 8.01. The van der Waals surface area contributed by atoms with Crippen LogP contribution in [0.5, 0.6) is 11.5 Å². The van der Waals surface area contributed by atoms with Crippen molar-refractivity contribution in [3.8, 4) is 11.5 Å². The zero-order chi connectivity index (χ0) is 16.2. The van der Waals surface area contributed by atoms with E-state index in [2.05, 4.69) is 0 Å². The first-order chi connectivity index (χ1) is 10.3. The molecule has 3 rings (SSSR count). The van der Waals surface area contributed by atoms with Crippen molar-refractivity contribution in [1.82, 2.24) is 4.90 Å². The number of amides is 1. The number of thioether (sulfide) groups is 1. The molecule has 1 fully saturated rings. The number of ether oxygens (including phenoxy) is 2. The summed E-state index contributed by atoms with van der Waals surface area (Å²) in [7, 11) is 2.98. The summed E-state index contributed by atoms with van der Waals surface area (Å²) in [5, 5.41) is 9.25. The van der Waals surface area contributed by atoms with E-state index in [-0.39, 0.29) is 11.3 Å². The number of carbonyl (C=O) groups excluding carboxylic acids is 1. The van der Waals surface area contributed by atoms with Gasteiger partial charge in [0.25, 0.3) is 5.91 Å². The van der Waals surface area contributed by atoms with Gasteiger partial charge in [0.15, 0.2) is 11.5 Å². The lowest BCUT2D eigenvalue weighted by Gasteiger charge is -2.26. The number of carbonyl (C=O) groups is 2. The van der Waals surface area contributed by atoms with Crippen molar-refractivity contribution < 1.29 is 24.2 Å². The first-order valence-electron chi connectivity index (χ1n) is 6.81. The molecule has 1 aromatic rings. The zero-order valence-electron chi connectivity index (χ0n) is 12.7. The molecular formula is C15H17NO5S. The van der Waals surface area contributed by atoms with E-state index in [4.69, 9.17) is 9.47 Å². The molecule has 6 nitrogen and oxygen atoms in total. The molecule has 22 heavy (non-hydrogen) atoms. The predicted molar refractivity (Wildman–Crippen MR) is 81.6 cm³/mol. The normalized spacial score (nSPS) is 24.9. The third kappa shape index (κ3) is 1.81. The monoisotopic (exact) mass is 323 g/mol. The van der Waals surface area contributed by atoms with E-state index in [1.165, 1.54) is 30.9 Å². The standard InChI is InChI=1S/C15H17NO5S/c1-15(2)11(14(18)19)16-12(17)9-7(13(16)22-15)5-6-8(20-3)10(9)21-4/h5-6,11,13H,1-4H3,(H,18,19)/t11-,13?/m1/s1. The van der Waals surface area contributed by atoms with E-state index in [0.717, 1.165) is 5.56 Å². The Kier molecular flexibility index (Phi) is 3.28. The second-order valence-corrected chi connectivity index (χ2v) is 7.53. The van der Waals surface area contributed by atoms with Crippen LogP contribution in [-0.4, -0.2) is 46.9 Å². The summed E-state index contributed by atoms with van der Waals surface area (Å²) >= 11 is 1.48. The van der Waals surface area contributed by atoms with Crippen LogP contribution >= 0.6 is 11.8 Å². The number of methoxy groups -OCH3 is 2. The molecule has 118 valence electrons. The fourth-order valence-electron chi connectivity index (χ4n) is 3.23. The molecule has 1 amide bonds. The van der Waals surface area contributed by atoms with E-state index in [9.17, 15) is 14.7 Å². The van der Waals surface area contributed by atoms with Crippen molar-refractivity contribution in [2.45, 2.75) is 30.0 Å². The summed E-state index contributed by atoms with van der Waals surface area (Å²) < 4.78 is 10.0. The molecule has 2 aliphatic heterocycles. The van der Waals surface area contributed by atoms with Crippen LogP contribution in [0, 0.1) is 0 Å². The van der Waals surface area contributed by atoms with Gasteiger partial charge in [0, 0.05) is 10.3 Å². The number of rotatable bonds is 3. The average molecular weight is 323 g/mol. The smallest absolute Gasteiger partial charge is 0.327 e. The Morgan fingerprint density at radius 1 is 1.32 bits per heavy atom. The highest BCUT2D eigenvalue weighted by atomic mass is 32.2. The van der Waals surface area contributed by atoms with Crippen LogP contribution in [0.2, 0.25) is 0 Å². The molecule has 2 aliphatic rings.